The molecule has 1 fully saturated rings. The zero-order chi connectivity index (χ0) is 16.8. The van der Waals surface area contributed by atoms with Crippen molar-refractivity contribution in [3.8, 4) is 0 Å². The van der Waals surface area contributed by atoms with Crippen molar-refractivity contribution in [2.45, 2.75) is 31.8 Å². The standard InChI is InChI=1S/C17H25N5O2/c23-15(12-22-7-3-1-2-4-8-22)11-18-17(24)20-14-6-5-13-10-19-21-16(13)9-14/h5-6,9-10,15,23H,1-4,7-8,11-12H2,(H,19,21)(H2,18,20,24). The van der Waals surface area contributed by atoms with E-state index in [0.717, 1.165) is 24.0 Å². The van der Waals surface area contributed by atoms with E-state index >= 15 is 0 Å². The van der Waals surface area contributed by atoms with E-state index in [1.165, 1.54) is 25.7 Å². The molecule has 1 unspecified atom stereocenters. The molecule has 1 aromatic heterocycles. The van der Waals surface area contributed by atoms with E-state index in [2.05, 4.69) is 25.7 Å². The normalized spacial score (nSPS) is 17.4. The number of aliphatic hydroxyl groups excluding tert-OH is 1. The number of fused-ring (bicyclic) bond motifs is 1. The summed E-state index contributed by atoms with van der Waals surface area (Å²) in [4.78, 5) is 14.2. The van der Waals surface area contributed by atoms with Gasteiger partial charge in [-0.3, -0.25) is 5.10 Å². The predicted molar refractivity (Wildman–Crippen MR) is 94.0 cm³/mol. The Bertz CT molecular complexity index is 664. The van der Waals surface area contributed by atoms with Gasteiger partial charge in [0, 0.05) is 24.2 Å². The van der Waals surface area contributed by atoms with E-state index in [1.54, 1.807) is 6.20 Å². The molecule has 1 saturated heterocycles. The first kappa shape index (κ1) is 16.7. The van der Waals surface area contributed by atoms with Crippen molar-refractivity contribution in [1.29, 1.82) is 0 Å². The molecule has 3 rings (SSSR count). The molecule has 1 aliphatic rings. The Morgan fingerprint density at radius 3 is 2.88 bits per heavy atom. The van der Waals surface area contributed by atoms with Crippen molar-refractivity contribution < 1.29 is 9.90 Å². The maximum absolute atomic E-state index is 12.0. The second-order valence-corrected chi connectivity index (χ2v) is 6.38. The SMILES string of the molecule is O=C(NCC(O)CN1CCCCCC1)Nc1ccc2cn[nH]c2c1. The van der Waals surface area contributed by atoms with Crippen LogP contribution in [0.2, 0.25) is 0 Å². The van der Waals surface area contributed by atoms with E-state index in [-0.39, 0.29) is 12.6 Å². The number of β-amino-alcohol motifs (C(OH)–C–C–N with tert-alkyl or cyclic N) is 1. The van der Waals surface area contributed by atoms with Gasteiger partial charge >= 0.3 is 6.03 Å². The molecule has 2 aromatic rings. The number of hydrogen-bond donors (Lipinski definition) is 4. The van der Waals surface area contributed by atoms with Crippen molar-refractivity contribution in [3.05, 3.63) is 24.4 Å². The summed E-state index contributed by atoms with van der Waals surface area (Å²) < 4.78 is 0. The zero-order valence-corrected chi connectivity index (χ0v) is 13.8. The third-order valence-corrected chi connectivity index (χ3v) is 4.37. The first-order valence-electron chi connectivity index (χ1n) is 8.59. The van der Waals surface area contributed by atoms with Crippen molar-refractivity contribution in [1.82, 2.24) is 20.4 Å². The molecular formula is C17H25N5O2. The number of carbonyl (C=O) groups excluding carboxylic acids is 1. The van der Waals surface area contributed by atoms with Gasteiger partial charge in [-0.25, -0.2) is 4.79 Å². The fourth-order valence-corrected chi connectivity index (χ4v) is 3.08. The van der Waals surface area contributed by atoms with Crippen LogP contribution in [0.25, 0.3) is 10.9 Å². The van der Waals surface area contributed by atoms with Crippen LogP contribution < -0.4 is 10.6 Å². The van der Waals surface area contributed by atoms with E-state index in [0.29, 0.717) is 12.2 Å². The van der Waals surface area contributed by atoms with Crippen LogP contribution in [-0.4, -0.2) is 58.5 Å². The highest BCUT2D eigenvalue weighted by Gasteiger charge is 2.14. The van der Waals surface area contributed by atoms with Crippen LogP contribution in [0, 0.1) is 0 Å². The van der Waals surface area contributed by atoms with E-state index in [9.17, 15) is 9.90 Å². The third kappa shape index (κ3) is 4.69. The molecular weight excluding hydrogens is 306 g/mol. The molecule has 4 N–H and O–H groups in total. The van der Waals surface area contributed by atoms with E-state index < -0.39 is 6.10 Å². The van der Waals surface area contributed by atoms with Crippen LogP contribution in [0.15, 0.2) is 24.4 Å². The monoisotopic (exact) mass is 331 g/mol. The van der Waals surface area contributed by atoms with Crippen LogP contribution in [0.3, 0.4) is 0 Å². The number of carbonyl (C=O) groups is 1. The smallest absolute Gasteiger partial charge is 0.319 e. The quantitative estimate of drug-likeness (QED) is 0.673. The molecule has 130 valence electrons. The highest BCUT2D eigenvalue weighted by molar-refractivity contribution is 5.92. The van der Waals surface area contributed by atoms with Gasteiger partial charge in [0.15, 0.2) is 0 Å². The lowest BCUT2D eigenvalue weighted by molar-refractivity contribution is 0.115. The number of hydrogen-bond acceptors (Lipinski definition) is 4. The number of aliphatic hydroxyl groups is 1. The molecule has 24 heavy (non-hydrogen) atoms. The van der Waals surface area contributed by atoms with E-state index in [4.69, 9.17) is 0 Å². The molecule has 0 saturated carbocycles. The first-order chi connectivity index (χ1) is 11.7. The Balaban J connectivity index is 1.42. The van der Waals surface area contributed by atoms with Gasteiger partial charge < -0.3 is 20.6 Å². The summed E-state index contributed by atoms with van der Waals surface area (Å²) in [7, 11) is 0. The number of likely N-dealkylation sites (tertiary alicyclic amines) is 1. The molecule has 7 nitrogen and oxygen atoms in total. The van der Waals surface area contributed by atoms with Gasteiger partial charge in [-0.2, -0.15) is 5.10 Å². The minimum Gasteiger partial charge on any atom is -0.390 e. The Morgan fingerprint density at radius 2 is 2.08 bits per heavy atom. The lowest BCUT2D eigenvalue weighted by Crippen LogP contribution is -2.41. The number of amides is 2. The highest BCUT2D eigenvalue weighted by Crippen LogP contribution is 2.16. The largest absolute Gasteiger partial charge is 0.390 e. The third-order valence-electron chi connectivity index (χ3n) is 4.37. The summed E-state index contributed by atoms with van der Waals surface area (Å²) in [5.74, 6) is 0. The number of nitrogens with zero attached hydrogens (tertiary/aromatic N) is 2. The lowest BCUT2D eigenvalue weighted by Gasteiger charge is -2.23. The maximum atomic E-state index is 12.0. The topological polar surface area (TPSA) is 93.3 Å². The molecule has 7 heteroatoms. The molecule has 1 atom stereocenters. The number of H-pyrrole nitrogens is 1. The van der Waals surface area contributed by atoms with Crippen molar-refractivity contribution in [2.24, 2.45) is 0 Å². The van der Waals surface area contributed by atoms with Crippen molar-refractivity contribution >= 4 is 22.6 Å². The molecule has 2 heterocycles. The number of anilines is 1. The van der Waals surface area contributed by atoms with Crippen LogP contribution >= 0.6 is 0 Å². The van der Waals surface area contributed by atoms with Crippen molar-refractivity contribution in [3.63, 3.8) is 0 Å². The molecule has 0 bridgehead atoms. The average molecular weight is 331 g/mol. The number of rotatable bonds is 5. The van der Waals surface area contributed by atoms with Gasteiger partial charge in [-0.15, -0.1) is 0 Å². The van der Waals surface area contributed by atoms with Crippen molar-refractivity contribution in [2.75, 3.05) is 31.5 Å². The van der Waals surface area contributed by atoms with Crippen LogP contribution in [-0.2, 0) is 0 Å². The second-order valence-electron chi connectivity index (χ2n) is 6.38. The molecule has 1 aliphatic heterocycles. The van der Waals surface area contributed by atoms with Gasteiger partial charge in [0.2, 0.25) is 0 Å². The second kappa shape index (κ2) is 8.12. The fourth-order valence-electron chi connectivity index (χ4n) is 3.08. The van der Waals surface area contributed by atoms with Gasteiger partial charge in [-0.05, 0) is 44.1 Å². The van der Waals surface area contributed by atoms with Crippen LogP contribution in [0.1, 0.15) is 25.7 Å². The summed E-state index contributed by atoms with van der Waals surface area (Å²) in [5, 5.41) is 23.4. The first-order valence-corrected chi connectivity index (χ1v) is 8.59. The lowest BCUT2D eigenvalue weighted by atomic mass is 10.2. The predicted octanol–water partition coefficient (Wildman–Crippen LogP) is 1.92. The van der Waals surface area contributed by atoms with E-state index in [1.807, 2.05) is 18.2 Å². The highest BCUT2D eigenvalue weighted by atomic mass is 16.3. The Morgan fingerprint density at radius 1 is 1.29 bits per heavy atom. The van der Waals surface area contributed by atoms with Crippen LogP contribution in [0.5, 0.6) is 0 Å². The molecule has 2 amide bonds. The Labute approximate surface area is 141 Å². The average Bonchev–Trinajstić information content (AvgIpc) is 2.88. The number of aromatic nitrogens is 2. The minimum absolute atomic E-state index is 0.245. The molecule has 0 radical (unpaired) electrons. The number of nitrogens with one attached hydrogen (secondary N) is 3. The zero-order valence-electron chi connectivity index (χ0n) is 13.8. The summed E-state index contributed by atoms with van der Waals surface area (Å²) in [6.07, 6.45) is 6.11. The number of urea groups is 1. The summed E-state index contributed by atoms with van der Waals surface area (Å²) in [5.41, 5.74) is 1.56. The fraction of sp³-hybridized carbons (Fsp3) is 0.529. The summed E-state index contributed by atoms with van der Waals surface area (Å²) in [6, 6.07) is 5.23. The molecule has 0 aliphatic carbocycles. The Hall–Kier alpha value is -2.12. The maximum Gasteiger partial charge on any atom is 0.319 e. The number of benzene rings is 1. The Kier molecular flexibility index (Phi) is 5.66. The van der Waals surface area contributed by atoms with Gasteiger partial charge in [0.25, 0.3) is 0 Å². The van der Waals surface area contributed by atoms with Crippen LogP contribution in [0.4, 0.5) is 10.5 Å². The minimum atomic E-state index is -0.552. The summed E-state index contributed by atoms with van der Waals surface area (Å²) in [6.45, 7) is 2.93. The van der Waals surface area contributed by atoms with Gasteiger partial charge in [-0.1, -0.05) is 12.8 Å². The summed E-state index contributed by atoms with van der Waals surface area (Å²) >= 11 is 0. The number of aromatic amines is 1. The molecule has 1 aromatic carbocycles. The van der Waals surface area contributed by atoms with Gasteiger partial charge in [0.1, 0.15) is 0 Å². The van der Waals surface area contributed by atoms with Gasteiger partial charge in [0.05, 0.1) is 17.8 Å². The molecule has 0 spiro atoms.